The number of para-hydroxylation sites is 1. The number of phenols is 1. The number of phenolic OH excluding ortho intramolecular Hbond substituents is 1. The molecule has 0 spiro atoms. The molecule has 0 aliphatic carbocycles. The molecule has 174 valence electrons. The Labute approximate surface area is 192 Å². The minimum absolute atomic E-state index is 0.00140. The van der Waals surface area contributed by atoms with Crippen LogP contribution >= 0.6 is 0 Å². The van der Waals surface area contributed by atoms with Crippen molar-refractivity contribution >= 4 is 17.6 Å². The zero-order valence-corrected chi connectivity index (χ0v) is 18.7. The van der Waals surface area contributed by atoms with Crippen LogP contribution in [0, 0.1) is 5.92 Å². The highest BCUT2D eigenvalue weighted by Gasteiger charge is 2.53. The lowest BCUT2D eigenvalue weighted by atomic mass is 9.74. The topological polar surface area (TPSA) is 108 Å². The molecule has 1 amide bonds. The molecule has 2 saturated heterocycles. The monoisotopic (exact) mass is 452 g/mol. The van der Waals surface area contributed by atoms with E-state index in [9.17, 15) is 14.7 Å². The third-order valence-electron chi connectivity index (χ3n) is 7.11. The van der Waals surface area contributed by atoms with Crippen molar-refractivity contribution in [3.8, 4) is 11.5 Å². The van der Waals surface area contributed by atoms with Crippen LogP contribution in [-0.2, 0) is 9.53 Å². The van der Waals surface area contributed by atoms with Gasteiger partial charge in [0.05, 0.1) is 24.3 Å². The van der Waals surface area contributed by atoms with E-state index in [1.807, 2.05) is 26.0 Å². The summed E-state index contributed by atoms with van der Waals surface area (Å²) in [4.78, 5) is 26.1. The maximum atomic E-state index is 12.7. The van der Waals surface area contributed by atoms with Crippen LogP contribution in [0.2, 0.25) is 0 Å². The number of carboxylic acid groups (broad SMARTS) is 1. The van der Waals surface area contributed by atoms with Gasteiger partial charge in [0, 0.05) is 29.8 Å². The first kappa shape index (κ1) is 21.7. The van der Waals surface area contributed by atoms with Crippen LogP contribution in [0.25, 0.3) is 0 Å². The first-order chi connectivity index (χ1) is 15.7. The highest BCUT2D eigenvalue weighted by Crippen LogP contribution is 2.54. The molecule has 5 rings (SSSR count). The number of nitrogens with zero attached hydrogens (tertiary/aromatic N) is 1. The Morgan fingerprint density at radius 3 is 2.79 bits per heavy atom. The van der Waals surface area contributed by atoms with Gasteiger partial charge in [0.15, 0.2) is 11.5 Å². The summed E-state index contributed by atoms with van der Waals surface area (Å²) in [5.41, 5.74) is 0.947. The van der Waals surface area contributed by atoms with Gasteiger partial charge in [0.1, 0.15) is 5.60 Å². The fourth-order valence-electron chi connectivity index (χ4n) is 5.48. The third kappa shape index (κ3) is 3.94. The van der Waals surface area contributed by atoms with Gasteiger partial charge >= 0.3 is 5.97 Å². The van der Waals surface area contributed by atoms with Gasteiger partial charge in [-0.3, -0.25) is 9.69 Å². The van der Waals surface area contributed by atoms with Gasteiger partial charge in [0.25, 0.3) is 0 Å². The third-order valence-corrected chi connectivity index (χ3v) is 7.11. The Morgan fingerprint density at radius 1 is 1.21 bits per heavy atom. The summed E-state index contributed by atoms with van der Waals surface area (Å²) in [5.74, 6) is -0.519. The molecule has 2 aromatic carbocycles. The SMILES string of the molecule is CC1(C)Oc2c(O)cccc2[C@@H]2O[C@@H]3CCN(CC(=O)Nc4cccc(C(=O)O)c4)[C@@H]3C[C@H]21. The van der Waals surface area contributed by atoms with Gasteiger partial charge in [-0.25, -0.2) is 4.79 Å². The molecule has 0 saturated carbocycles. The van der Waals surface area contributed by atoms with Crippen LogP contribution < -0.4 is 10.1 Å². The van der Waals surface area contributed by atoms with Gasteiger partial charge in [-0.15, -0.1) is 0 Å². The van der Waals surface area contributed by atoms with E-state index in [1.54, 1.807) is 18.2 Å². The van der Waals surface area contributed by atoms with E-state index >= 15 is 0 Å². The van der Waals surface area contributed by atoms with E-state index in [0.29, 0.717) is 11.4 Å². The van der Waals surface area contributed by atoms with Crippen LogP contribution in [0.3, 0.4) is 0 Å². The zero-order valence-electron chi connectivity index (χ0n) is 18.7. The Hall–Kier alpha value is -3.10. The lowest BCUT2D eigenvalue weighted by Crippen LogP contribution is -2.54. The molecular weight excluding hydrogens is 424 g/mol. The minimum Gasteiger partial charge on any atom is -0.504 e. The molecular formula is C25H28N2O6. The van der Waals surface area contributed by atoms with E-state index in [4.69, 9.17) is 14.6 Å². The first-order valence-corrected chi connectivity index (χ1v) is 11.3. The largest absolute Gasteiger partial charge is 0.504 e. The number of benzene rings is 2. The number of aromatic carboxylic acids is 1. The van der Waals surface area contributed by atoms with Crippen molar-refractivity contribution in [3.63, 3.8) is 0 Å². The molecule has 0 radical (unpaired) electrons. The Balaban J connectivity index is 1.30. The normalized spacial score (nSPS) is 27.6. The summed E-state index contributed by atoms with van der Waals surface area (Å²) in [6.07, 6.45) is 1.48. The fourth-order valence-corrected chi connectivity index (χ4v) is 5.48. The second kappa shape index (κ2) is 8.04. The predicted octanol–water partition coefficient (Wildman–Crippen LogP) is 3.42. The Kier molecular flexibility index (Phi) is 5.29. The number of carboxylic acids is 1. The number of nitrogens with one attached hydrogen (secondary N) is 1. The molecule has 8 nitrogen and oxygen atoms in total. The second-order valence-electron chi connectivity index (χ2n) is 9.60. The Bertz CT molecular complexity index is 1100. The number of carbonyl (C=O) groups excluding carboxylic acids is 1. The number of amides is 1. The molecule has 2 aromatic rings. The lowest BCUT2D eigenvalue weighted by Gasteiger charge is -2.50. The summed E-state index contributed by atoms with van der Waals surface area (Å²) in [5, 5.41) is 22.3. The number of fused-ring (bicyclic) bond motifs is 4. The van der Waals surface area contributed by atoms with Gasteiger partial charge in [-0.05, 0) is 51.0 Å². The average molecular weight is 453 g/mol. The van der Waals surface area contributed by atoms with Crippen molar-refractivity contribution < 1.29 is 29.3 Å². The van der Waals surface area contributed by atoms with Crippen molar-refractivity contribution in [2.24, 2.45) is 5.92 Å². The number of likely N-dealkylation sites (tertiary alicyclic amines) is 1. The Morgan fingerprint density at radius 2 is 2.00 bits per heavy atom. The number of hydrogen-bond donors (Lipinski definition) is 3. The van der Waals surface area contributed by atoms with E-state index < -0.39 is 11.6 Å². The smallest absolute Gasteiger partial charge is 0.335 e. The van der Waals surface area contributed by atoms with Crippen LogP contribution in [0.15, 0.2) is 42.5 Å². The van der Waals surface area contributed by atoms with Gasteiger partial charge in [-0.1, -0.05) is 18.2 Å². The number of hydrogen-bond acceptors (Lipinski definition) is 6. The van der Waals surface area contributed by atoms with Gasteiger partial charge < -0.3 is 25.0 Å². The van der Waals surface area contributed by atoms with Crippen LogP contribution in [0.5, 0.6) is 11.5 Å². The molecule has 3 heterocycles. The molecule has 3 aliphatic heterocycles. The molecule has 3 aliphatic rings. The van der Waals surface area contributed by atoms with Gasteiger partial charge in [0.2, 0.25) is 5.91 Å². The van der Waals surface area contributed by atoms with E-state index in [0.717, 1.165) is 24.9 Å². The average Bonchev–Trinajstić information content (AvgIpc) is 3.15. The van der Waals surface area contributed by atoms with E-state index in [2.05, 4.69) is 10.2 Å². The van der Waals surface area contributed by atoms with Crippen LogP contribution in [-0.4, -0.2) is 57.8 Å². The summed E-state index contributed by atoms with van der Waals surface area (Å²) in [7, 11) is 0. The number of ether oxygens (including phenoxy) is 2. The quantitative estimate of drug-likeness (QED) is 0.652. The van der Waals surface area contributed by atoms with E-state index in [-0.39, 0.29) is 47.9 Å². The summed E-state index contributed by atoms with van der Waals surface area (Å²) in [6.45, 7) is 4.99. The molecule has 3 N–H and O–H groups in total. The van der Waals surface area contributed by atoms with Gasteiger partial charge in [-0.2, -0.15) is 0 Å². The molecule has 2 fully saturated rings. The summed E-state index contributed by atoms with van der Waals surface area (Å²) in [6, 6.07) is 11.7. The van der Waals surface area contributed by atoms with Crippen molar-refractivity contribution in [3.05, 3.63) is 53.6 Å². The maximum Gasteiger partial charge on any atom is 0.335 e. The van der Waals surface area contributed by atoms with Crippen molar-refractivity contribution in [1.82, 2.24) is 4.90 Å². The standard InChI is InChI=1S/C25H28N2O6/c1-25(2)17-12-18-20(32-22(17)16-7-4-8-19(28)23(16)33-25)9-10-27(18)13-21(29)26-15-6-3-5-14(11-15)24(30)31/h3-8,11,17-18,20,22,28H,9-10,12-13H2,1-2H3,(H,26,29)(H,30,31)/t17-,18-,20-,22+/m1/s1. The van der Waals surface area contributed by atoms with E-state index in [1.165, 1.54) is 12.1 Å². The zero-order chi connectivity index (χ0) is 23.3. The molecule has 0 bridgehead atoms. The first-order valence-electron chi connectivity index (χ1n) is 11.3. The molecule has 4 atom stereocenters. The lowest BCUT2D eigenvalue weighted by molar-refractivity contribution is -0.162. The molecule has 0 unspecified atom stereocenters. The highest BCUT2D eigenvalue weighted by atomic mass is 16.5. The van der Waals surface area contributed by atoms with Crippen LogP contribution in [0.4, 0.5) is 5.69 Å². The molecule has 8 heteroatoms. The van der Waals surface area contributed by atoms with Crippen molar-refractivity contribution in [1.29, 1.82) is 0 Å². The number of carbonyl (C=O) groups is 2. The fraction of sp³-hybridized carbons (Fsp3) is 0.440. The number of aromatic hydroxyl groups is 1. The highest BCUT2D eigenvalue weighted by molar-refractivity contribution is 5.94. The van der Waals surface area contributed by atoms with Crippen molar-refractivity contribution in [2.75, 3.05) is 18.4 Å². The van der Waals surface area contributed by atoms with Crippen LogP contribution in [0.1, 0.15) is 48.7 Å². The molecule has 0 aromatic heterocycles. The summed E-state index contributed by atoms with van der Waals surface area (Å²) >= 11 is 0. The number of anilines is 1. The minimum atomic E-state index is -1.03. The maximum absolute atomic E-state index is 12.7. The number of rotatable bonds is 4. The summed E-state index contributed by atoms with van der Waals surface area (Å²) < 4.78 is 12.8. The second-order valence-corrected chi connectivity index (χ2v) is 9.60. The van der Waals surface area contributed by atoms with Crippen molar-refractivity contribution in [2.45, 2.75) is 50.5 Å². The predicted molar refractivity (Wildman–Crippen MR) is 121 cm³/mol. The molecule has 33 heavy (non-hydrogen) atoms.